The molecule has 0 aliphatic carbocycles. The Bertz CT molecular complexity index is 891. The third kappa shape index (κ3) is 4.77. The quantitative estimate of drug-likeness (QED) is 0.416. The van der Waals surface area contributed by atoms with E-state index in [-0.39, 0.29) is 11.0 Å². The van der Waals surface area contributed by atoms with E-state index in [4.69, 9.17) is 14.0 Å². The molecular formula is C21H22F3NO3. The lowest BCUT2D eigenvalue weighted by Crippen LogP contribution is -2.06. The molecule has 0 aliphatic rings. The van der Waals surface area contributed by atoms with Gasteiger partial charge >= 0.3 is 6.18 Å². The Balaban J connectivity index is 1.60. The van der Waals surface area contributed by atoms with E-state index in [0.717, 1.165) is 25.0 Å². The molecule has 1 heterocycles. The Morgan fingerprint density at radius 2 is 1.68 bits per heavy atom. The lowest BCUT2D eigenvalue weighted by Gasteiger charge is -2.12. The van der Waals surface area contributed by atoms with E-state index in [1.165, 1.54) is 6.07 Å². The minimum absolute atomic E-state index is 0.0282. The standard InChI is InChI=1S/C21H22F3NO3/c1-2-8-16-18(12-11-17-19(16)28-25-20(17)21(22,23)24)27-14-7-6-13-26-15-9-4-3-5-10-15/h3-5,9-12H,2,6-8,13-14H2,1H3. The summed E-state index contributed by atoms with van der Waals surface area (Å²) in [6, 6.07) is 12.5. The highest BCUT2D eigenvalue weighted by Gasteiger charge is 2.37. The van der Waals surface area contributed by atoms with Crippen molar-refractivity contribution in [3.8, 4) is 11.5 Å². The fourth-order valence-corrected chi connectivity index (χ4v) is 2.96. The average molecular weight is 393 g/mol. The van der Waals surface area contributed by atoms with Crippen LogP contribution in [0.1, 0.15) is 37.4 Å². The number of para-hydroxylation sites is 1. The first-order valence-corrected chi connectivity index (χ1v) is 9.29. The summed E-state index contributed by atoms with van der Waals surface area (Å²) in [5, 5.41) is 3.20. The van der Waals surface area contributed by atoms with E-state index in [1.54, 1.807) is 6.07 Å². The number of aromatic nitrogens is 1. The van der Waals surface area contributed by atoms with Crippen LogP contribution in [0, 0.1) is 0 Å². The molecule has 4 nitrogen and oxygen atoms in total. The van der Waals surface area contributed by atoms with Crippen molar-refractivity contribution >= 4 is 11.0 Å². The first-order chi connectivity index (χ1) is 13.5. The maximum atomic E-state index is 13.0. The minimum atomic E-state index is -4.55. The van der Waals surface area contributed by atoms with E-state index in [2.05, 4.69) is 5.16 Å². The molecule has 150 valence electrons. The number of unbranched alkanes of at least 4 members (excludes halogenated alkanes) is 1. The minimum Gasteiger partial charge on any atom is -0.494 e. The second kappa shape index (κ2) is 8.99. The maximum absolute atomic E-state index is 13.0. The van der Waals surface area contributed by atoms with Crippen LogP contribution in [-0.4, -0.2) is 18.4 Å². The fraction of sp³-hybridized carbons (Fsp3) is 0.381. The zero-order valence-corrected chi connectivity index (χ0v) is 15.6. The Labute approximate surface area is 161 Å². The molecule has 2 aromatic carbocycles. The summed E-state index contributed by atoms with van der Waals surface area (Å²) >= 11 is 0. The monoisotopic (exact) mass is 393 g/mol. The Morgan fingerprint density at radius 3 is 2.36 bits per heavy atom. The van der Waals surface area contributed by atoms with E-state index in [9.17, 15) is 13.2 Å². The normalized spacial score (nSPS) is 11.7. The molecule has 0 saturated carbocycles. The van der Waals surface area contributed by atoms with Crippen molar-refractivity contribution in [3.05, 3.63) is 53.7 Å². The van der Waals surface area contributed by atoms with Crippen LogP contribution in [0.15, 0.2) is 47.0 Å². The van der Waals surface area contributed by atoms with Crippen LogP contribution in [0.2, 0.25) is 0 Å². The van der Waals surface area contributed by atoms with Gasteiger partial charge in [-0.3, -0.25) is 0 Å². The molecule has 28 heavy (non-hydrogen) atoms. The number of rotatable bonds is 9. The van der Waals surface area contributed by atoms with E-state index in [0.29, 0.717) is 30.9 Å². The zero-order chi connectivity index (χ0) is 20.0. The highest BCUT2D eigenvalue weighted by molar-refractivity contribution is 5.85. The van der Waals surface area contributed by atoms with Gasteiger partial charge in [-0.15, -0.1) is 0 Å². The van der Waals surface area contributed by atoms with E-state index < -0.39 is 11.9 Å². The molecule has 7 heteroatoms. The molecule has 3 rings (SSSR count). The molecule has 0 radical (unpaired) electrons. The van der Waals surface area contributed by atoms with Crippen molar-refractivity contribution in [2.45, 2.75) is 38.8 Å². The predicted molar refractivity (Wildman–Crippen MR) is 99.7 cm³/mol. The molecule has 1 aromatic heterocycles. The summed E-state index contributed by atoms with van der Waals surface area (Å²) in [6.07, 6.45) is -1.67. The van der Waals surface area contributed by atoms with Crippen molar-refractivity contribution in [1.82, 2.24) is 5.16 Å². The summed E-state index contributed by atoms with van der Waals surface area (Å²) in [5.41, 5.74) is -0.216. The second-order valence-corrected chi connectivity index (χ2v) is 6.41. The van der Waals surface area contributed by atoms with Crippen molar-refractivity contribution in [1.29, 1.82) is 0 Å². The molecule has 0 fully saturated rings. The van der Waals surface area contributed by atoms with E-state index >= 15 is 0 Å². The molecule has 3 aromatic rings. The van der Waals surface area contributed by atoms with Crippen molar-refractivity contribution in [3.63, 3.8) is 0 Å². The van der Waals surface area contributed by atoms with Gasteiger partial charge in [0, 0.05) is 5.56 Å². The molecule has 0 unspecified atom stereocenters. The fourth-order valence-electron chi connectivity index (χ4n) is 2.96. The van der Waals surface area contributed by atoms with Gasteiger partial charge in [-0.1, -0.05) is 36.7 Å². The molecule has 0 N–H and O–H groups in total. The highest BCUT2D eigenvalue weighted by atomic mass is 19.4. The summed E-state index contributed by atoms with van der Waals surface area (Å²) in [4.78, 5) is 0. The van der Waals surface area contributed by atoms with Gasteiger partial charge in [0.15, 0.2) is 11.3 Å². The smallest absolute Gasteiger partial charge is 0.437 e. The Hall–Kier alpha value is -2.70. The van der Waals surface area contributed by atoms with Gasteiger partial charge in [0.05, 0.1) is 18.6 Å². The number of aryl methyl sites for hydroxylation is 1. The number of fused-ring (bicyclic) bond motifs is 1. The number of hydrogen-bond donors (Lipinski definition) is 0. The van der Waals surface area contributed by atoms with Crippen LogP contribution in [0.3, 0.4) is 0 Å². The zero-order valence-electron chi connectivity index (χ0n) is 15.6. The van der Waals surface area contributed by atoms with E-state index in [1.807, 2.05) is 37.3 Å². The van der Waals surface area contributed by atoms with Gasteiger partial charge in [-0.25, -0.2) is 0 Å². The van der Waals surface area contributed by atoms with Gasteiger partial charge in [0.2, 0.25) is 0 Å². The third-order valence-electron chi connectivity index (χ3n) is 4.28. The van der Waals surface area contributed by atoms with Crippen LogP contribution in [0.4, 0.5) is 13.2 Å². The first-order valence-electron chi connectivity index (χ1n) is 9.29. The topological polar surface area (TPSA) is 44.5 Å². The number of alkyl halides is 3. The summed E-state index contributed by atoms with van der Waals surface area (Å²) < 4.78 is 55.6. The van der Waals surface area contributed by atoms with Crippen molar-refractivity contribution < 1.29 is 27.2 Å². The van der Waals surface area contributed by atoms with Gasteiger partial charge in [-0.2, -0.15) is 13.2 Å². The van der Waals surface area contributed by atoms with Gasteiger partial charge in [-0.05, 0) is 43.5 Å². The van der Waals surface area contributed by atoms with Crippen LogP contribution in [-0.2, 0) is 12.6 Å². The number of halogens is 3. The molecule has 0 bridgehead atoms. The maximum Gasteiger partial charge on any atom is 0.437 e. The first kappa shape index (κ1) is 20.0. The van der Waals surface area contributed by atoms with Gasteiger partial charge in [0.25, 0.3) is 0 Å². The predicted octanol–water partition coefficient (Wildman–Crippen LogP) is 6.04. The highest BCUT2D eigenvalue weighted by Crippen LogP contribution is 2.38. The van der Waals surface area contributed by atoms with Gasteiger partial charge in [0.1, 0.15) is 11.5 Å². The molecule has 0 amide bonds. The molecule has 0 saturated heterocycles. The number of ether oxygens (including phenoxy) is 2. The van der Waals surface area contributed by atoms with Crippen molar-refractivity contribution in [2.75, 3.05) is 13.2 Å². The van der Waals surface area contributed by atoms with Crippen LogP contribution < -0.4 is 9.47 Å². The summed E-state index contributed by atoms with van der Waals surface area (Å²) in [7, 11) is 0. The van der Waals surface area contributed by atoms with Crippen LogP contribution in [0.25, 0.3) is 11.0 Å². The SMILES string of the molecule is CCCc1c(OCCCCOc2ccccc2)ccc2c(C(F)(F)F)noc12. The summed E-state index contributed by atoms with van der Waals surface area (Å²) in [6.45, 7) is 2.97. The average Bonchev–Trinajstić information content (AvgIpc) is 3.11. The molecular weight excluding hydrogens is 371 g/mol. The second-order valence-electron chi connectivity index (χ2n) is 6.41. The summed E-state index contributed by atoms with van der Waals surface area (Å²) in [5.74, 6) is 1.37. The number of benzene rings is 2. The Morgan fingerprint density at radius 1 is 0.964 bits per heavy atom. The number of hydrogen-bond acceptors (Lipinski definition) is 4. The lowest BCUT2D eigenvalue weighted by atomic mass is 10.0. The van der Waals surface area contributed by atoms with Crippen LogP contribution >= 0.6 is 0 Å². The Kier molecular flexibility index (Phi) is 6.44. The lowest BCUT2D eigenvalue weighted by molar-refractivity contribution is -0.141. The van der Waals surface area contributed by atoms with Crippen molar-refractivity contribution in [2.24, 2.45) is 0 Å². The molecule has 0 atom stereocenters. The number of nitrogens with zero attached hydrogens (tertiary/aromatic N) is 1. The third-order valence-corrected chi connectivity index (χ3v) is 4.28. The van der Waals surface area contributed by atoms with Crippen LogP contribution in [0.5, 0.6) is 11.5 Å². The molecule has 0 spiro atoms. The molecule has 0 aliphatic heterocycles. The largest absolute Gasteiger partial charge is 0.494 e. The van der Waals surface area contributed by atoms with Gasteiger partial charge < -0.3 is 14.0 Å².